The molecule has 152 valence electrons. The minimum absolute atomic E-state index is 0.0302. The van der Waals surface area contributed by atoms with Crippen LogP contribution in [0.15, 0.2) is 30.3 Å². The number of methoxy groups -OCH3 is 1. The van der Waals surface area contributed by atoms with Gasteiger partial charge in [0, 0.05) is 12.2 Å². The van der Waals surface area contributed by atoms with Gasteiger partial charge in [0.05, 0.1) is 24.5 Å². The Hall–Kier alpha value is -2.44. The molecule has 4 rings (SSSR count). The number of nitrogens with zero attached hydrogens (tertiary/aromatic N) is 2. The van der Waals surface area contributed by atoms with E-state index in [1.807, 2.05) is 44.2 Å². The molecule has 0 radical (unpaired) electrons. The highest BCUT2D eigenvalue weighted by molar-refractivity contribution is 7.22. The Labute approximate surface area is 175 Å². The molecule has 0 saturated carbocycles. The highest BCUT2D eigenvalue weighted by Crippen LogP contribution is 2.37. The normalized spacial score (nSPS) is 16.3. The van der Waals surface area contributed by atoms with E-state index in [4.69, 9.17) is 14.5 Å². The average Bonchev–Trinajstić information content (AvgIpc) is 3.38. The summed E-state index contributed by atoms with van der Waals surface area (Å²) in [4.78, 5) is 20.2. The van der Waals surface area contributed by atoms with Crippen molar-refractivity contribution in [2.45, 2.75) is 39.7 Å². The second-order valence-corrected chi connectivity index (χ2v) is 8.61. The zero-order valence-electron chi connectivity index (χ0n) is 17.3. The van der Waals surface area contributed by atoms with E-state index in [9.17, 15) is 4.79 Å². The van der Waals surface area contributed by atoms with E-state index >= 15 is 0 Å². The van der Waals surface area contributed by atoms with Crippen LogP contribution in [0.25, 0.3) is 10.2 Å². The van der Waals surface area contributed by atoms with E-state index in [-0.39, 0.29) is 12.0 Å². The van der Waals surface area contributed by atoms with E-state index in [2.05, 4.69) is 6.92 Å². The molecular weight excluding hydrogens is 384 g/mol. The van der Waals surface area contributed by atoms with Crippen molar-refractivity contribution in [1.82, 2.24) is 4.98 Å². The van der Waals surface area contributed by atoms with Crippen molar-refractivity contribution in [1.29, 1.82) is 0 Å². The van der Waals surface area contributed by atoms with Crippen LogP contribution in [-0.4, -0.2) is 37.3 Å². The van der Waals surface area contributed by atoms with Crippen molar-refractivity contribution in [2.24, 2.45) is 0 Å². The number of aryl methyl sites for hydroxylation is 3. The monoisotopic (exact) mass is 410 g/mol. The molecule has 6 heteroatoms. The lowest BCUT2D eigenvalue weighted by atomic mass is 10.0. The summed E-state index contributed by atoms with van der Waals surface area (Å²) in [6.45, 7) is 7.30. The van der Waals surface area contributed by atoms with Gasteiger partial charge in [-0.25, -0.2) is 4.98 Å². The molecule has 1 unspecified atom stereocenters. The van der Waals surface area contributed by atoms with Gasteiger partial charge in [0.25, 0.3) is 5.91 Å². The molecule has 1 aromatic heterocycles. The number of carbonyl (C=O) groups excluding carboxylic acids is 1. The maximum Gasteiger partial charge on any atom is 0.260 e. The fourth-order valence-electron chi connectivity index (χ4n) is 3.73. The molecule has 5 nitrogen and oxygen atoms in total. The number of aromatic nitrogens is 1. The number of ether oxygens (including phenoxy) is 2. The first kappa shape index (κ1) is 19.9. The van der Waals surface area contributed by atoms with Crippen molar-refractivity contribution in [2.75, 3.05) is 25.2 Å². The minimum atomic E-state index is -0.0302. The Morgan fingerprint density at radius 2 is 2.03 bits per heavy atom. The maximum atomic E-state index is 13.6. The number of rotatable bonds is 5. The van der Waals surface area contributed by atoms with Crippen LogP contribution >= 0.6 is 11.3 Å². The number of carbonyl (C=O) groups is 1. The number of thiazole rings is 1. The number of benzene rings is 2. The van der Waals surface area contributed by atoms with E-state index in [1.54, 1.807) is 12.0 Å². The van der Waals surface area contributed by atoms with Crippen molar-refractivity contribution < 1.29 is 14.3 Å². The zero-order valence-corrected chi connectivity index (χ0v) is 18.1. The van der Waals surface area contributed by atoms with E-state index in [1.165, 1.54) is 11.3 Å². The summed E-state index contributed by atoms with van der Waals surface area (Å²) >= 11 is 1.54. The molecular formula is C23H26N2O3S. The molecule has 2 heterocycles. The van der Waals surface area contributed by atoms with Gasteiger partial charge in [-0.15, -0.1) is 0 Å². The first-order valence-electron chi connectivity index (χ1n) is 9.92. The molecule has 1 aliphatic heterocycles. The number of anilines is 1. The summed E-state index contributed by atoms with van der Waals surface area (Å²) in [5, 5.41) is 0.689. The van der Waals surface area contributed by atoms with Gasteiger partial charge >= 0.3 is 0 Å². The summed E-state index contributed by atoms with van der Waals surface area (Å²) in [5.41, 5.74) is 4.68. The lowest BCUT2D eigenvalue weighted by Gasteiger charge is -2.24. The van der Waals surface area contributed by atoms with Crippen LogP contribution in [0.1, 0.15) is 39.9 Å². The van der Waals surface area contributed by atoms with Gasteiger partial charge in [-0.3, -0.25) is 9.69 Å². The quantitative estimate of drug-likeness (QED) is 0.590. The number of hydrogen-bond acceptors (Lipinski definition) is 5. The molecule has 3 aromatic rings. The summed E-state index contributed by atoms with van der Waals surface area (Å²) in [6.07, 6.45) is 2.03. The lowest BCUT2D eigenvalue weighted by molar-refractivity contribution is 0.0917. The van der Waals surface area contributed by atoms with Gasteiger partial charge in [0.15, 0.2) is 5.13 Å². The van der Waals surface area contributed by atoms with Crippen LogP contribution in [0.4, 0.5) is 5.13 Å². The topological polar surface area (TPSA) is 51.7 Å². The van der Waals surface area contributed by atoms with E-state index in [0.717, 1.165) is 52.1 Å². The Bertz CT molecular complexity index is 1050. The smallest absolute Gasteiger partial charge is 0.260 e. The predicted molar refractivity (Wildman–Crippen MR) is 117 cm³/mol. The molecule has 0 N–H and O–H groups in total. The lowest BCUT2D eigenvalue weighted by Crippen LogP contribution is -2.37. The number of amides is 1. The van der Waals surface area contributed by atoms with Crippen molar-refractivity contribution >= 4 is 32.6 Å². The van der Waals surface area contributed by atoms with Crippen LogP contribution in [0.3, 0.4) is 0 Å². The zero-order chi connectivity index (χ0) is 20.5. The van der Waals surface area contributed by atoms with Gasteiger partial charge in [0.2, 0.25) is 0 Å². The first-order chi connectivity index (χ1) is 14.0. The summed E-state index contributed by atoms with van der Waals surface area (Å²) < 4.78 is 12.4. The van der Waals surface area contributed by atoms with Gasteiger partial charge in [-0.1, -0.05) is 35.1 Å². The first-order valence-corrected chi connectivity index (χ1v) is 10.7. The number of hydrogen-bond donors (Lipinski definition) is 0. The van der Waals surface area contributed by atoms with Crippen LogP contribution in [0.2, 0.25) is 0 Å². The molecule has 0 aliphatic carbocycles. The highest BCUT2D eigenvalue weighted by atomic mass is 32.1. The highest BCUT2D eigenvalue weighted by Gasteiger charge is 2.28. The second-order valence-electron chi connectivity index (χ2n) is 7.63. The van der Waals surface area contributed by atoms with Gasteiger partial charge in [-0.2, -0.15) is 0 Å². The molecule has 2 aromatic carbocycles. The fraction of sp³-hybridized carbons (Fsp3) is 0.391. The van der Waals surface area contributed by atoms with E-state index in [0.29, 0.717) is 17.2 Å². The van der Waals surface area contributed by atoms with Crippen molar-refractivity contribution in [3.63, 3.8) is 0 Å². The molecule has 0 spiro atoms. The summed E-state index contributed by atoms with van der Waals surface area (Å²) in [7, 11) is 1.65. The van der Waals surface area contributed by atoms with Crippen molar-refractivity contribution in [3.05, 3.63) is 52.6 Å². The molecule has 1 saturated heterocycles. The predicted octanol–water partition coefficient (Wildman–Crippen LogP) is 5.06. The molecule has 1 amide bonds. The molecule has 1 atom stereocenters. The summed E-state index contributed by atoms with van der Waals surface area (Å²) in [6, 6.07) is 9.94. The molecule has 0 bridgehead atoms. The Morgan fingerprint density at radius 3 is 2.76 bits per heavy atom. The second kappa shape index (κ2) is 8.13. The third-order valence-corrected chi connectivity index (χ3v) is 6.64. The largest absolute Gasteiger partial charge is 0.494 e. The van der Waals surface area contributed by atoms with Crippen LogP contribution in [0, 0.1) is 20.8 Å². The van der Waals surface area contributed by atoms with Crippen LogP contribution in [0.5, 0.6) is 5.75 Å². The maximum absolute atomic E-state index is 13.6. The van der Waals surface area contributed by atoms with Gasteiger partial charge in [-0.05, 0) is 56.9 Å². The molecule has 29 heavy (non-hydrogen) atoms. The third kappa shape index (κ3) is 3.87. The molecule has 1 fully saturated rings. The van der Waals surface area contributed by atoms with Gasteiger partial charge < -0.3 is 9.47 Å². The van der Waals surface area contributed by atoms with Gasteiger partial charge in [0.1, 0.15) is 11.3 Å². The average molecular weight is 411 g/mol. The number of fused-ring (bicyclic) bond motifs is 1. The SMILES string of the molecule is COc1ccc(C)c2sc(N(CC3CCCO3)C(=O)c3cc(C)ccc3C)nc12. The van der Waals surface area contributed by atoms with Crippen LogP contribution in [-0.2, 0) is 4.74 Å². The molecule has 1 aliphatic rings. The Morgan fingerprint density at radius 1 is 1.24 bits per heavy atom. The fourth-order valence-corrected chi connectivity index (χ4v) is 4.79. The Balaban J connectivity index is 1.80. The van der Waals surface area contributed by atoms with E-state index < -0.39 is 0 Å². The Kier molecular flexibility index (Phi) is 5.56. The van der Waals surface area contributed by atoms with Crippen LogP contribution < -0.4 is 9.64 Å². The standard InChI is InChI=1S/C23H26N2O3S/c1-14-7-8-15(2)18(12-14)22(26)25(13-17-6-5-11-28-17)23-24-20-19(27-4)10-9-16(3)21(20)29-23/h7-10,12,17H,5-6,11,13H2,1-4H3. The minimum Gasteiger partial charge on any atom is -0.494 e. The summed E-state index contributed by atoms with van der Waals surface area (Å²) in [5.74, 6) is 0.696. The van der Waals surface area contributed by atoms with Crippen molar-refractivity contribution in [3.8, 4) is 5.75 Å². The third-order valence-electron chi connectivity index (χ3n) is 5.42.